The molecule has 0 fully saturated rings. The van der Waals surface area contributed by atoms with Gasteiger partial charge < -0.3 is 10.4 Å². The molecule has 0 saturated heterocycles. The number of aromatic nitrogens is 1. The van der Waals surface area contributed by atoms with Crippen molar-refractivity contribution in [3.8, 4) is 16.2 Å². The number of phenols is 1. The standard InChI is InChI=1S/C16H13N3O2S/c20-13-9-5-4-8-12(13)18-15(21)19-16-17-10-14(22-16)11-6-2-1-3-7-11/h1-10,20H,(H2,17,18,19,21). The summed E-state index contributed by atoms with van der Waals surface area (Å²) in [6.07, 6.45) is 1.72. The maximum absolute atomic E-state index is 11.9. The molecule has 0 atom stereocenters. The van der Waals surface area contributed by atoms with Crippen LogP contribution in [0.5, 0.6) is 5.75 Å². The Balaban J connectivity index is 1.68. The fourth-order valence-corrected chi connectivity index (χ4v) is 2.71. The number of hydrogen-bond acceptors (Lipinski definition) is 4. The number of carbonyl (C=O) groups is 1. The first-order valence-corrected chi connectivity index (χ1v) is 7.41. The smallest absolute Gasteiger partial charge is 0.325 e. The molecule has 0 unspecified atom stereocenters. The van der Waals surface area contributed by atoms with Crippen LogP contribution in [0, 0.1) is 0 Å². The first kappa shape index (κ1) is 14.1. The van der Waals surface area contributed by atoms with Crippen LogP contribution in [0.25, 0.3) is 10.4 Å². The highest BCUT2D eigenvalue weighted by Gasteiger charge is 2.09. The van der Waals surface area contributed by atoms with Crippen molar-refractivity contribution in [1.82, 2.24) is 4.98 Å². The summed E-state index contributed by atoms with van der Waals surface area (Å²) in [6.45, 7) is 0. The Morgan fingerprint density at radius 2 is 1.73 bits per heavy atom. The number of aromatic hydroxyl groups is 1. The van der Waals surface area contributed by atoms with Gasteiger partial charge in [-0.15, -0.1) is 0 Å². The summed E-state index contributed by atoms with van der Waals surface area (Å²) < 4.78 is 0. The second kappa shape index (κ2) is 6.28. The van der Waals surface area contributed by atoms with Gasteiger partial charge in [0, 0.05) is 6.20 Å². The van der Waals surface area contributed by atoms with Gasteiger partial charge in [0.05, 0.1) is 10.6 Å². The quantitative estimate of drug-likeness (QED) is 0.636. The van der Waals surface area contributed by atoms with Gasteiger partial charge in [-0.1, -0.05) is 53.8 Å². The maximum atomic E-state index is 11.9. The van der Waals surface area contributed by atoms with E-state index in [9.17, 15) is 9.90 Å². The molecule has 110 valence electrons. The second-order valence-electron chi connectivity index (χ2n) is 4.49. The lowest BCUT2D eigenvalue weighted by molar-refractivity contribution is 0.262. The zero-order valence-electron chi connectivity index (χ0n) is 11.5. The first-order valence-electron chi connectivity index (χ1n) is 6.59. The van der Waals surface area contributed by atoms with Crippen molar-refractivity contribution in [2.45, 2.75) is 0 Å². The van der Waals surface area contributed by atoms with Gasteiger partial charge in [0.15, 0.2) is 5.13 Å². The molecule has 2 amide bonds. The lowest BCUT2D eigenvalue weighted by Crippen LogP contribution is -2.19. The molecule has 0 saturated carbocycles. The summed E-state index contributed by atoms with van der Waals surface area (Å²) in [4.78, 5) is 17.1. The number of para-hydroxylation sites is 2. The van der Waals surface area contributed by atoms with Crippen LogP contribution in [0.15, 0.2) is 60.8 Å². The SMILES string of the molecule is O=C(Nc1ncc(-c2ccccc2)s1)Nc1ccccc1O. The van der Waals surface area contributed by atoms with E-state index in [2.05, 4.69) is 15.6 Å². The number of thiazole rings is 1. The van der Waals surface area contributed by atoms with Crippen LogP contribution >= 0.6 is 11.3 Å². The minimum atomic E-state index is -0.449. The van der Waals surface area contributed by atoms with E-state index < -0.39 is 6.03 Å². The van der Waals surface area contributed by atoms with Crippen LogP contribution in [0.1, 0.15) is 0 Å². The van der Waals surface area contributed by atoms with Gasteiger partial charge in [0.25, 0.3) is 0 Å². The molecular weight excluding hydrogens is 298 g/mol. The summed E-state index contributed by atoms with van der Waals surface area (Å²) in [7, 11) is 0. The molecule has 0 radical (unpaired) electrons. The third-order valence-electron chi connectivity index (χ3n) is 2.94. The number of hydrogen-bond donors (Lipinski definition) is 3. The van der Waals surface area contributed by atoms with Crippen LogP contribution < -0.4 is 10.6 Å². The van der Waals surface area contributed by atoms with Crippen molar-refractivity contribution < 1.29 is 9.90 Å². The molecule has 6 heteroatoms. The normalized spacial score (nSPS) is 10.2. The number of nitrogens with one attached hydrogen (secondary N) is 2. The van der Waals surface area contributed by atoms with Gasteiger partial charge >= 0.3 is 6.03 Å². The molecule has 0 aliphatic carbocycles. The summed E-state index contributed by atoms with van der Waals surface area (Å²) in [5.74, 6) is 0.0155. The molecule has 2 aromatic carbocycles. The van der Waals surface area contributed by atoms with E-state index in [0.717, 1.165) is 10.4 Å². The molecule has 1 heterocycles. The summed E-state index contributed by atoms with van der Waals surface area (Å²) >= 11 is 1.38. The summed E-state index contributed by atoms with van der Waals surface area (Å²) in [5.41, 5.74) is 1.40. The number of rotatable bonds is 3. The van der Waals surface area contributed by atoms with Crippen LogP contribution in [-0.4, -0.2) is 16.1 Å². The fourth-order valence-electron chi connectivity index (χ4n) is 1.90. The van der Waals surface area contributed by atoms with Crippen LogP contribution in [0.4, 0.5) is 15.6 Å². The van der Waals surface area contributed by atoms with Gasteiger partial charge in [0.2, 0.25) is 0 Å². The van der Waals surface area contributed by atoms with Gasteiger partial charge in [-0.25, -0.2) is 9.78 Å². The Labute approximate surface area is 131 Å². The summed E-state index contributed by atoms with van der Waals surface area (Å²) in [5, 5.41) is 15.3. The van der Waals surface area contributed by atoms with Crippen LogP contribution in [-0.2, 0) is 0 Å². The number of urea groups is 1. The Kier molecular flexibility index (Phi) is 4.02. The number of benzene rings is 2. The number of phenolic OH excluding ortho intramolecular Hbond substituents is 1. The van der Waals surface area contributed by atoms with Crippen molar-refractivity contribution in [2.75, 3.05) is 10.6 Å². The minimum absolute atomic E-state index is 0.0155. The van der Waals surface area contributed by atoms with Gasteiger partial charge in [-0.3, -0.25) is 5.32 Å². The zero-order valence-corrected chi connectivity index (χ0v) is 12.3. The molecule has 0 aliphatic rings. The zero-order chi connectivity index (χ0) is 15.4. The Morgan fingerprint density at radius 1 is 1.00 bits per heavy atom. The fraction of sp³-hybridized carbons (Fsp3) is 0. The second-order valence-corrected chi connectivity index (χ2v) is 5.52. The Morgan fingerprint density at radius 3 is 2.50 bits per heavy atom. The molecule has 3 rings (SSSR count). The monoisotopic (exact) mass is 311 g/mol. The van der Waals surface area contributed by atoms with Crippen LogP contribution in [0.3, 0.4) is 0 Å². The van der Waals surface area contributed by atoms with Crippen molar-refractivity contribution in [1.29, 1.82) is 0 Å². The number of anilines is 2. The minimum Gasteiger partial charge on any atom is -0.506 e. The van der Waals surface area contributed by atoms with Gasteiger partial charge in [0.1, 0.15) is 5.75 Å². The van der Waals surface area contributed by atoms with E-state index in [0.29, 0.717) is 10.8 Å². The number of nitrogens with zero attached hydrogens (tertiary/aromatic N) is 1. The van der Waals surface area contributed by atoms with Crippen molar-refractivity contribution >= 4 is 28.2 Å². The highest BCUT2D eigenvalue weighted by Crippen LogP contribution is 2.29. The highest BCUT2D eigenvalue weighted by molar-refractivity contribution is 7.19. The van der Waals surface area contributed by atoms with Gasteiger partial charge in [-0.2, -0.15) is 0 Å². The average molecular weight is 311 g/mol. The predicted octanol–water partition coefficient (Wildman–Crippen LogP) is 4.16. The molecule has 5 nitrogen and oxygen atoms in total. The lowest BCUT2D eigenvalue weighted by atomic mass is 10.2. The van der Waals surface area contributed by atoms with E-state index in [4.69, 9.17) is 0 Å². The van der Waals surface area contributed by atoms with E-state index >= 15 is 0 Å². The number of amides is 2. The Bertz CT molecular complexity index is 787. The number of carbonyl (C=O) groups excluding carboxylic acids is 1. The average Bonchev–Trinajstić information content (AvgIpc) is 2.99. The van der Waals surface area contributed by atoms with E-state index in [1.165, 1.54) is 17.4 Å². The summed E-state index contributed by atoms with van der Waals surface area (Å²) in [6, 6.07) is 15.9. The van der Waals surface area contributed by atoms with Gasteiger partial charge in [-0.05, 0) is 17.7 Å². The molecule has 0 bridgehead atoms. The molecule has 1 aromatic heterocycles. The van der Waals surface area contributed by atoms with Crippen molar-refractivity contribution in [3.63, 3.8) is 0 Å². The lowest BCUT2D eigenvalue weighted by Gasteiger charge is -2.06. The molecule has 22 heavy (non-hydrogen) atoms. The van der Waals surface area contributed by atoms with E-state index in [-0.39, 0.29) is 5.75 Å². The van der Waals surface area contributed by atoms with Crippen molar-refractivity contribution in [3.05, 3.63) is 60.8 Å². The largest absolute Gasteiger partial charge is 0.506 e. The third kappa shape index (κ3) is 3.24. The molecule has 0 aliphatic heterocycles. The van der Waals surface area contributed by atoms with Crippen molar-refractivity contribution in [2.24, 2.45) is 0 Å². The van der Waals surface area contributed by atoms with E-state index in [1.807, 2.05) is 30.3 Å². The third-order valence-corrected chi connectivity index (χ3v) is 3.90. The maximum Gasteiger partial charge on any atom is 0.325 e. The molecule has 3 aromatic rings. The Hall–Kier alpha value is -2.86. The first-order chi connectivity index (χ1) is 10.7. The predicted molar refractivity (Wildman–Crippen MR) is 88.3 cm³/mol. The topological polar surface area (TPSA) is 74.2 Å². The molecular formula is C16H13N3O2S. The molecule has 0 spiro atoms. The van der Waals surface area contributed by atoms with Crippen LogP contribution in [0.2, 0.25) is 0 Å². The van der Waals surface area contributed by atoms with E-state index in [1.54, 1.807) is 24.4 Å². The molecule has 3 N–H and O–H groups in total. The highest BCUT2D eigenvalue weighted by atomic mass is 32.1.